The number of hydrogen-bond acceptors (Lipinski definition) is 1. The Labute approximate surface area is 136 Å². The second-order valence-electron chi connectivity index (χ2n) is 7.07. The van der Waals surface area contributed by atoms with Crippen LogP contribution in [0.25, 0.3) is 0 Å². The molecule has 0 aliphatic heterocycles. The highest BCUT2D eigenvalue weighted by atomic mass is 32.2. The minimum atomic E-state index is 0.324. The molecule has 1 aromatic carbocycles. The molecular weight excluding hydrogens is 272 g/mol. The summed E-state index contributed by atoms with van der Waals surface area (Å²) >= 11 is 2.09. The summed E-state index contributed by atoms with van der Waals surface area (Å²) in [6.45, 7) is 13.7. The zero-order valence-corrected chi connectivity index (χ0v) is 15.5. The molecule has 0 saturated carbocycles. The van der Waals surface area contributed by atoms with Crippen LogP contribution in [0.15, 0.2) is 41.3 Å². The Kier molecular flexibility index (Phi) is 7.59. The van der Waals surface area contributed by atoms with Gasteiger partial charge in [0.1, 0.15) is 0 Å². The van der Waals surface area contributed by atoms with Gasteiger partial charge in [0, 0.05) is 9.64 Å². The highest BCUT2D eigenvalue weighted by Gasteiger charge is 2.32. The Morgan fingerprint density at radius 1 is 1.00 bits per heavy atom. The Bertz CT molecular complexity index is 416. The van der Waals surface area contributed by atoms with Crippen molar-refractivity contribution in [2.75, 3.05) is 0 Å². The molecule has 1 aromatic rings. The van der Waals surface area contributed by atoms with Crippen LogP contribution in [0.4, 0.5) is 0 Å². The molecule has 0 fully saturated rings. The lowest BCUT2D eigenvalue weighted by atomic mass is 9.86. The van der Waals surface area contributed by atoms with Crippen LogP contribution in [0.5, 0.6) is 0 Å². The van der Waals surface area contributed by atoms with Crippen molar-refractivity contribution in [3.63, 3.8) is 0 Å². The van der Waals surface area contributed by atoms with Crippen LogP contribution in [-0.4, -0.2) is 4.75 Å². The van der Waals surface area contributed by atoms with Crippen LogP contribution in [0, 0.1) is 18.8 Å². The third kappa shape index (κ3) is 6.74. The minimum absolute atomic E-state index is 0.324. The molecule has 0 aromatic heterocycles. The molecule has 0 aliphatic carbocycles. The van der Waals surface area contributed by atoms with Crippen molar-refractivity contribution >= 4 is 11.8 Å². The summed E-state index contributed by atoms with van der Waals surface area (Å²) in [6.07, 6.45) is 8.26. The Morgan fingerprint density at radius 2 is 1.52 bits per heavy atom. The first kappa shape index (κ1) is 18.4. The molecule has 0 unspecified atom stereocenters. The fourth-order valence-electron chi connectivity index (χ4n) is 3.05. The predicted molar refractivity (Wildman–Crippen MR) is 98.1 cm³/mol. The molecule has 0 N–H and O–H groups in total. The first-order valence-corrected chi connectivity index (χ1v) is 9.05. The molecular formula is C20H32S. The quantitative estimate of drug-likeness (QED) is 0.372. The van der Waals surface area contributed by atoms with Gasteiger partial charge in [-0.05, 0) is 57.1 Å². The molecule has 0 nitrogen and oxygen atoms in total. The van der Waals surface area contributed by atoms with Crippen LogP contribution in [0.3, 0.4) is 0 Å². The zero-order valence-electron chi connectivity index (χ0n) is 14.6. The molecule has 0 radical (unpaired) electrons. The lowest BCUT2D eigenvalue weighted by Gasteiger charge is -2.36. The van der Waals surface area contributed by atoms with Crippen molar-refractivity contribution in [1.29, 1.82) is 0 Å². The number of allylic oxidation sites excluding steroid dienone is 2. The van der Waals surface area contributed by atoms with Gasteiger partial charge in [-0.1, -0.05) is 57.5 Å². The van der Waals surface area contributed by atoms with E-state index < -0.39 is 0 Å². The van der Waals surface area contributed by atoms with Crippen molar-refractivity contribution in [1.82, 2.24) is 0 Å². The highest BCUT2D eigenvalue weighted by Crippen LogP contribution is 2.45. The SMILES string of the molecule is C/C=C/CC(CC(C)C)(CC(C)C)Sc1ccc(C)cc1. The van der Waals surface area contributed by atoms with Crippen molar-refractivity contribution in [3.05, 3.63) is 42.0 Å². The van der Waals surface area contributed by atoms with Crippen molar-refractivity contribution in [2.24, 2.45) is 11.8 Å². The lowest BCUT2D eigenvalue weighted by Crippen LogP contribution is -2.28. The van der Waals surface area contributed by atoms with Crippen LogP contribution in [0.2, 0.25) is 0 Å². The third-order valence-electron chi connectivity index (χ3n) is 3.64. The van der Waals surface area contributed by atoms with Gasteiger partial charge >= 0.3 is 0 Å². The molecule has 1 heteroatoms. The van der Waals surface area contributed by atoms with Crippen molar-refractivity contribution in [3.8, 4) is 0 Å². The van der Waals surface area contributed by atoms with Gasteiger partial charge in [0.05, 0.1) is 0 Å². The number of rotatable bonds is 8. The second-order valence-corrected chi connectivity index (χ2v) is 8.61. The first-order valence-electron chi connectivity index (χ1n) is 8.24. The summed E-state index contributed by atoms with van der Waals surface area (Å²) in [7, 11) is 0. The summed E-state index contributed by atoms with van der Waals surface area (Å²) in [4.78, 5) is 1.41. The van der Waals surface area contributed by atoms with Gasteiger partial charge in [-0.15, -0.1) is 11.8 Å². The Balaban J connectivity index is 3.02. The monoisotopic (exact) mass is 304 g/mol. The average Bonchev–Trinajstić information content (AvgIpc) is 2.37. The molecule has 1 rings (SSSR count). The van der Waals surface area contributed by atoms with E-state index in [1.807, 2.05) is 0 Å². The minimum Gasteiger partial charge on any atom is -0.119 e. The van der Waals surface area contributed by atoms with E-state index in [1.165, 1.54) is 29.7 Å². The molecule has 0 bridgehead atoms. The van der Waals surface area contributed by atoms with Crippen molar-refractivity contribution < 1.29 is 0 Å². The number of benzene rings is 1. The first-order chi connectivity index (χ1) is 9.87. The molecule has 0 amide bonds. The summed E-state index contributed by atoms with van der Waals surface area (Å²) in [5.74, 6) is 1.46. The summed E-state index contributed by atoms with van der Waals surface area (Å²) < 4.78 is 0.324. The van der Waals surface area contributed by atoms with Crippen LogP contribution in [0.1, 0.15) is 59.4 Å². The number of thioether (sulfide) groups is 1. The molecule has 118 valence electrons. The summed E-state index contributed by atoms with van der Waals surface area (Å²) in [5, 5.41) is 0. The highest BCUT2D eigenvalue weighted by molar-refractivity contribution is 8.00. The van der Waals surface area contributed by atoms with E-state index in [4.69, 9.17) is 0 Å². The number of hydrogen-bond donors (Lipinski definition) is 0. The molecule has 0 heterocycles. The van der Waals surface area contributed by atoms with E-state index in [0.717, 1.165) is 11.8 Å². The molecule has 0 saturated heterocycles. The van der Waals surface area contributed by atoms with Crippen LogP contribution in [-0.2, 0) is 0 Å². The zero-order chi connectivity index (χ0) is 15.9. The van der Waals surface area contributed by atoms with E-state index in [9.17, 15) is 0 Å². The molecule has 0 aliphatic rings. The van der Waals surface area contributed by atoms with Crippen LogP contribution < -0.4 is 0 Å². The predicted octanol–water partition coefficient (Wildman–Crippen LogP) is 6.88. The van der Waals surface area contributed by atoms with Gasteiger partial charge in [0.2, 0.25) is 0 Å². The van der Waals surface area contributed by atoms with Gasteiger partial charge in [-0.25, -0.2) is 0 Å². The van der Waals surface area contributed by atoms with Gasteiger partial charge in [0.25, 0.3) is 0 Å². The fourth-order valence-corrected chi connectivity index (χ4v) is 4.84. The third-order valence-corrected chi connectivity index (χ3v) is 5.08. The topological polar surface area (TPSA) is 0 Å². The average molecular weight is 305 g/mol. The second kappa shape index (κ2) is 8.68. The standard InChI is InChI=1S/C20H32S/c1-7-8-13-20(14-16(2)3,15-17(4)5)21-19-11-9-18(6)10-12-19/h7-12,16-17H,13-15H2,1-6H3/b8-7+. The normalized spacial score (nSPS) is 12.8. The van der Waals surface area contributed by atoms with Crippen molar-refractivity contribution in [2.45, 2.75) is 70.4 Å². The summed E-state index contributed by atoms with van der Waals surface area (Å²) in [5.41, 5.74) is 1.34. The smallest absolute Gasteiger partial charge is 0.0246 e. The molecule has 0 atom stereocenters. The largest absolute Gasteiger partial charge is 0.119 e. The van der Waals surface area contributed by atoms with E-state index in [-0.39, 0.29) is 0 Å². The maximum absolute atomic E-state index is 2.35. The molecule has 0 spiro atoms. The lowest BCUT2D eigenvalue weighted by molar-refractivity contribution is 0.383. The van der Waals surface area contributed by atoms with Gasteiger partial charge in [0.15, 0.2) is 0 Å². The van der Waals surface area contributed by atoms with Gasteiger partial charge < -0.3 is 0 Å². The fraction of sp³-hybridized carbons (Fsp3) is 0.600. The van der Waals surface area contributed by atoms with E-state index in [0.29, 0.717) is 4.75 Å². The maximum atomic E-state index is 2.35. The van der Waals surface area contributed by atoms with Crippen LogP contribution >= 0.6 is 11.8 Å². The Morgan fingerprint density at radius 3 is 1.95 bits per heavy atom. The summed E-state index contributed by atoms with van der Waals surface area (Å²) in [6, 6.07) is 9.02. The number of aryl methyl sites for hydroxylation is 1. The van der Waals surface area contributed by atoms with E-state index in [2.05, 4.69) is 89.7 Å². The van der Waals surface area contributed by atoms with E-state index >= 15 is 0 Å². The molecule has 21 heavy (non-hydrogen) atoms. The van der Waals surface area contributed by atoms with E-state index in [1.54, 1.807) is 0 Å². The maximum Gasteiger partial charge on any atom is 0.0246 e. The van der Waals surface area contributed by atoms with Gasteiger partial charge in [-0.3, -0.25) is 0 Å². The van der Waals surface area contributed by atoms with Gasteiger partial charge in [-0.2, -0.15) is 0 Å². The Hall–Kier alpha value is -0.690.